The van der Waals surface area contributed by atoms with E-state index in [1.807, 2.05) is 18.2 Å². The largest absolute Gasteiger partial charge is 1.00 e. The molecule has 21 heteroatoms. The van der Waals surface area contributed by atoms with Gasteiger partial charge in [0.25, 0.3) is 0 Å². The zero-order valence-corrected chi connectivity index (χ0v) is 34.0. The second kappa shape index (κ2) is 24.9. The molecule has 0 aromatic carbocycles. The van der Waals surface area contributed by atoms with Gasteiger partial charge in [-0.2, -0.15) is 13.8 Å². The summed E-state index contributed by atoms with van der Waals surface area (Å²) in [5, 5.41) is 9.23. The molecule has 0 aliphatic heterocycles. The summed E-state index contributed by atoms with van der Waals surface area (Å²) in [5.41, 5.74) is 11.5. The summed E-state index contributed by atoms with van der Waals surface area (Å²) in [6.07, 6.45) is 2.16. The number of rotatable bonds is 8. The van der Waals surface area contributed by atoms with Crippen molar-refractivity contribution in [1.82, 2.24) is 19.9 Å². The molecule has 4 aromatic rings. The molecule has 2 unspecified atom stereocenters. The van der Waals surface area contributed by atoms with Gasteiger partial charge in [0.2, 0.25) is 17.8 Å². The number of carbonyl (C=O) groups is 2. The van der Waals surface area contributed by atoms with E-state index >= 15 is 0 Å². The molecule has 0 aliphatic carbocycles. The van der Waals surface area contributed by atoms with Gasteiger partial charge < -0.3 is 30.8 Å². The molecule has 0 saturated carbocycles. The molecule has 4 rings (SSSR count). The minimum atomic E-state index is -1.10. The number of hydrogen-bond donors (Lipinski definition) is 2. The number of halogens is 8. The molecular formula is C29H27BrCl4F3KN6O6. The van der Waals surface area contributed by atoms with Crippen LogP contribution in [0.15, 0.2) is 48.8 Å². The number of ether oxygens (including phenoxy) is 3. The number of aromatic nitrogens is 4. The van der Waals surface area contributed by atoms with E-state index in [0.29, 0.717) is 5.69 Å². The molecule has 12 nitrogen and oxygen atoms in total. The Morgan fingerprint density at radius 3 is 1.74 bits per heavy atom. The van der Waals surface area contributed by atoms with Crippen molar-refractivity contribution in [3.63, 3.8) is 0 Å². The standard InChI is InChI=1S/C14H12Cl2FN3O3.C9H10BrNO2.C5H3Cl2FN2O.CH3F.K/c1-7(14(21)22-6-8-4-2-3-5-19-8)23-13-10(16)11(18)9(15)12(17)20-13;1-7(10)9(12)13-6-8-4-2-3-5-11-8;6-1-3(9)2(7)5(11)10-4(1)8;1-2;/h2-5,7H,6H2,1H3,(H2,18,20);2-5,7H,6H2,1H3;(H3,9,10,11);1H3;/q;;;;+1/p-1/i;;;1D;. The number of pyridine rings is 4. The molecule has 2 atom stereocenters. The predicted octanol–water partition coefficient (Wildman–Crippen LogP) is 3.70. The van der Waals surface area contributed by atoms with Crippen LogP contribution < -0.4 is 72.7 Å². The maximum absolute atomic E-state index is 13.5. The molecule has 0 radical (unpaired) electrons. The van der Waals surface area contributed by atoms with E-state index < -0.39 is 47.0 Å². The Morgan fingerprint density at radius 2 is 1.30 bits per heavy atom. The molecular weight excluding hydrogens is 846 g/mol. The molecule has 4 aromatic heterocycles. The van der Waals surface area contributed by atoms with E-state index in [2.05, 4.69) is 35.9 Å². The summed E-state index contributed by atoms with van der Waals surface area (Å²) >= 11 is 25.1. The molecule has 0 fully saturated rings. The molecule has 0 saturated heterocycles. The second-order valence-corrected chi connectivity index (χ2v) is 11.6. The fraction of sp³-hybridized carbons (Fsp3) is 0.241. The van der Waals surface area contributed by atoms with Crippen LogP contribution in [-0.2, 0) is 32.3 Å². The fourth-order valence-electron chi connectivity index (χ4n) is 2.80. The van der Waals surface area contributed by atoms with E-state index in [1.54, 1.807) is 37.5 Å². The average Bonchev–Trinajstić information content (AvgIpc) is 3.10. The Hall–Kier alpha value is -2.19. The van der Waals surface area contributed by atoms with Gasteiger partial charge in [-0.15, -0.1) is 0 Å². The number of anilines is 2. The second-order valence-electron chi connectivity index (χ2n) is 8.73. The molecule has 0 aliphatic rings. The van der Waals surface area contributed by atoms with Gasteiger partial charge in [-0.1, -0.05) is 74.5 Å². The first kappa shape index (κ1) is 45.8. The number of nitrogen functional groups attached to an aromatic ring is 2. The van der Waals surface area contributed by atoms with Crippen molar-refractivity contribution in [1.29, 1.82) is 0 Å². The predicted molar refractivity (Wildman–Crippen MR) is 180 cm³/mol. The molecule has 50 heavy (non-hydrogen) atoms. The zero-order valence-electron chi connectivity index (χ0n) is 27.3. The Balaban J connectivity index is 0.000000758. The Bertz CT molecular complexity index is 1680. The van der Waals surface area contributed by atoms with E-state index in [1.165, 1.54) is 6.92 Å². The third-order valence-electron chi connectivity index (χ3n) is 5.21. The molecule has 0 spiro atoms. The number of nitrogens with two attached hydrogens (primary N) is 2. The van der Waals surface area contributed by atoms with E-state index in [0.717, 1.165) is 5.69 Å². The molecule has 0 bridgehead atoms. The van der Waals surface area contributed by atoms with Gasteiger partial charge >= 0.3 is 63.3 Å². The summed E-state index contributed by atoms with van der Waals surface area (Å²) in [6, 6.07) is 10.7. The van der Waals surface area contributed by atoms with Gasteiger partial charge in [0.05, 0.1) is 36.3 Å². The number of hydrogen-bond acceptors (Lipinski definition) is 12. The number of nitrogens with zero attached hydrogens (tertiary/aromatic N) is 4. The van der Waals surface area contributed by atoms with Gasteiger partial charge in [0.1, 0.15) is 33.1 Å². The van der Waals surface area contributed by atoms with Crippen molar-refractivity contribution in [3.8, 4) is 11.8 Å². The van der Waals surface area contributed by atoms with E-state index in [9.17, 15) is 27.9 Å². The Labute approximate surface area is 357 Å². The first-order valence-corrected chi connectivity index (χ1v) is 15.5. The molecule has 0 amide bonds. The summed E-state index contributed by atoms with van der Waals surface area (Å²) in [4.78, 5) is 36.9. The SMILES string of the molecule is CC(Br)C(=O)OCc1ccccn1.CC(Oc1nc(F)c(Cl)c(N)c1Cl)C(=O)OCc1ccccn1.Nc1c(Cl)c([O-])nc(F)c1Cl.[2H]CF.[K+]. The van der Waals surface area contributed by atoms with Crippen LogP contribution in [0.1, 0.15) is 26.6 Å². The van der Waals surface area contributed by atoms with Crippen LogP contribution >= 0.6 is 62.3 Å². The Kier molecular flexibility index (Phi) is 22.8. The monoisotopic (exact) mass is 871 g/mol. The number of alkyl halides is 2. The van der Waals surface area contributed by atoms with E-state index in [-0.39, 0.29) is 103 Å². The number of carbonyl (C=O) groups excluding carboxylic acids is 2. The average molecular weight is 874 g/mol. The quantitative estimate of drug-likeness (QED) is 0.113. The molecule has 4 N–H and O–H groups in total. The van der Waals surface area contributed by atoms with Gasteiger partial charge in [-0.05, 0) is 38.1 Å². The summed E-state index contributed by atoms with van der Waals surface area (Å²) < 4.78 is 56.6. The summed E-state index contributed by atoms with van der Waals surface area (Å²) in [7, 11) is -1.00. The summed E-state index contributed by atoms with van der Waals surface area (Å²) in [6.45, 7) is 3.34. The molecule has 266 valence electrons. The van der Waals surface area contributed by atoms with Crippen LogP contribution in [0.4, 0.5) is 24.5 Å². The Morgan fingerprint density at radius 1 is 0.860 bits per heavy atom. The van der Waals surface area contributed by atoms with Crippen LogP contribution in [0.25, 0.3) is 0 Å². The van der Waals surface area contributed by atoms with Crippen molar-refractivity contribution < 1.29 is 94.8 Å². The summed E-state index contributed by atoms with van der Waals surface area (Å²) in [5.74, 6) is -4.36. The van der Waals surface area contributed by atoms with Gasteiger partial charge in [-0.3, -0.25) is 19.2 Å². The van der Waals surface area contributed by atoms with Crippen molar-refractivity contribution >= 4 is 85.6 Å². The van der Waals surface area contributed by atoms with E-state index in [4.69, 9.17) is 73.5 Å². The van der Waals surface area contributed by atoms with Crippen molar-refractivity contribution in [2.75, 3.05) is 18.6 Å². The third kappa shape index (κ3) is 16.0. The smallest absolute Gasteiger partial charge is 0.857 e. The van der Waals surface area contributed by atoms with Crippen molar-refractivity contribution in [2.24, 2.45) is 0 Å². The third-order valence-corrected chi connectivity index (χ3v) is 7.03. The topological polar surface area (TPSA) is 188 Å². The van der Waals surface area contributed by atoms with Crippen LogP contribution in [0, 0.1) is 11.9 Å². The number of esters is 2. The normalized spacial score (nSPS) is 11.2. The fourth-order valence-corrected chi connectivity index (χ4v) is 3.62. The van der Waals surface area contributed by atoms with Crippen LogP contribution in [-0.4, -0.2) is 50.0 Å². The van der Waals surface area contributed by atoms with Crippen molar-refractivity contribution in [2.45, 2.75) is 38.0 Å². The minimum absolute atomic E-state index is 0. The minimum Gasteiger partial charge on any atom is -0.857 e. The maximum Gasteiger partial charge on any atom is 1.00 e. The van der Waals surface area contributed by atoms with Crippen LogP contribution in [0.2, 0.25) is 20.1 Å². The van der Waals surface area contributed by atoms with Gasteiger partial charge in [0.15, 0.2) is 6.10 Å². The molecule has 4 heterocycles. The van der Waals surface area contributed by atoms with Crippen LogP contribution in [0.3, 0.4) is 0 Å². The first-order valence-electron chi connectivity index (χ1n) is 13.8. The first-order chi connectivity index (χ1) is 23.5. The van der Waals surface area contributed by atoms with Gasteiger partial charge in [0, 0.05) is 18.3 Å². The van der Waals surface area contributed by atoms with Crippen LogP contribution in [0.5, 0.6) is 11.8 Å². The maximum atomic E-state index is 13.5. The van der Waals surface area contributed by atoms with Crippen molar-refractivity contribution in [3.05, 3.63) is 92.2 Å². The zero-order chi connectivity index (χ0) is 38.0. The van der Waals surface area contributed by atoms with Gasteiger partial charge in [-0.25, -0.2) is 9.78 Å².